The van der Waals surface area contributed by atoms with Gasteiger partial charge in [0.1, 0.15) is 17.3 Å². The molecular formula is C30H29FO. The van der Waals surface area contributed by atoms with E-state index in [1.165, 1.54) is 28.8 Å². The van der Waals surface area contributed by atoms with Crippen molar-refractivity contribution in [1.82, 2.24) is 0 Å². The third-order valence-corrected chi connectivity index (χ3v) is 5.77. The van der Waals surface area contributed by atoms with E-state index in [-0.39, 0.29) is 5.82 Å². The predicted octanol–water partition coefficient (Wildman–Crippen LogP) is 8.95. The summed E-state index contributed by atoms with van der Waals surface area (Å²) in [5.74, 6) is 1.70. The van der Waals surface area contributed by atoms with Crippen LogP contribution in [-0.4, -0.2) is 0 Å². The molecule has 0 N–H and O–H groups in total. The van der Waals surface area contributed by atoms with E-state index in [0.717, 1.165) is 40.2 Å². The van der Waals surface area contributed by atoms with Gasteiger partial charge in [-0.05, 0) is 89.0 Å². The van der Waals surface area contributed by atoms with Crippen molar-refractivity contribution in [2.24, 2.45) is 0 Å². The topological polar surface area (TPSA) is 9.23 Å². The number of benzene rings is 4. The number of hydrogen-bond donors (Lipinski definition) is 0. The number of ether oxygens (including phenoxy) is 1. The van der Waals surface area contributed by atoms with E-state index < -0.39 is 0 Å². The van der Waals surface area contributed by atoms with Crippen LogP contribution in [0.2, 0.25) is 0 Å². The average Bonchev–Trinajstić information content (AvgIpc) is 2.79. The van der Waals surface area contributed by atoms with Crippen molar-refractivity contribution in [2.75, 3.05) is 0 Å². The third-order valence-electron chi connectivity index (χ3n) is 5.77. The van der Waals surface area contributed by atoms with Gasteiger partial charge in [-0.1, -0.05) is 69.3 Å². The molecule has 0 saturated carbocycles. The first-order valence-corrected chi connectivity index (χ1v) is 11.2. The molecule has 0 heterocycles. The van der Waals surface area contributed by atoms with Crippen LogP contribution < -0.4 is 4.74 Å². The number of halogens is 1. The Bertz CT molecular complexity index is 1220. The maximum atomic E-state index is 13.5. The highest BCUT2D eigenvalue weighted by atomic mass is 19.1. The molecule has 0 spiro atoms. The van der Waals surface area contributed by atoms with Gasteiger partial charge in [0.25, 0.3) is 0 Å². The molecular weight excluding hydrogens is 395 g/mol. The van der Waals surface area contributed by atoms with Gasteiger partial charge in [-0.25, -0.2) is 4.39 Å². The summed E-state index contributed by atoms with van der Waals surface area (Å²) >= 11 is 0. The van der Waals surface area contributed by atoms with E-state index in [9.17, 15) is 4.39 Å². The van der Waals surface area contributed by atoms with Crippen LogP contribution in [0.3, 0.4) is 0 Å². The lowest BCUT2D eigenvalue weighted by molar-refractivity contribution is 0.484. The van der Waals surface area contributed by atoms with Crippen molar-refractivity contribution >= 4 is 0 Å². The zero-order chi connectivity index (χ0) is 22.7. The molecule has 2 heteroatoms. The van der Waals surface area contributed by atoms with Crippen LogP contribution in [0.1, 0.15) is 43.4 Å². The van der Waals surface area contributed by atoms with Crippen LogP contribution in [0.15, 0.2) is 84.9 Å². The molecule has 4 aromatic carbocycles. The van der Waals surface area contributed by atoms with E-state index in [1.54, 1.807) is 12.1 Å². The van der Waals surface area contributed by atoms with Gasteiger partial charge in [-0.3, -0.25) is 0 Å². The van der Waals surface area contributed by atoms with Gasteiger partial charge in [0.05, 0.1) is 0 Å². The molecule has 0 aliphatic heterocycles. The van der Waals surface area contributed by atoms with Crippen molar-refractivity contribution in [1.29, 1.82) is 0 Å². The Morgan fingerprint density at radius 1 is 0.781 bits per heavy atom. The molecule has 162 valence electrons. The number of hydrogen-bond acceptors (Lipinski definition) is 1. The first-order valence-electron chi connectivity index (χ1n) is 11.2. The summed E-state index contributed by atoms with van der Waals surface area (Å²) in [6, 6.07) is 27.8. The standard InChI is InChI=1S/C30H29FO/c1-5-22-7-6-8-25(17-22)26-15-21(4)16-28(18-26)32-30-14-11-24(20(2)3)19-29(30)23-9-12-27(31)13-10-23/h6-20H,5H2,1-4H3. The van der Waals surface area contributed by atoms with E-state index in [2.05, 4.69) is 82.3 Å². The molecule has 32 heavy (non-hydrogen) atoms. The minimum Gasteiger partial charge on any atom is -0.457 e. The maximum absolute atomic E-state index is 13.5. The highest BCUT2D eigenvalue weighted by Crippen LogP contribution is 2.37. The van der Waals surface area contributed by atoms with Crippen LogP contribution in [0.4, 0.5) is 4.39 Å². The summed E-state index contributed by atoms with van der Waals surface area (Å²) in [5.41, 5.74) is 7.90. The molecule has 0 aromatic heterocycles. The number of rotatable bonds is 6. The first kappa shape index (κ1) is 21.8. The Labute approximate surface area is 190 Å². The molecule has 0 saturated heterocycles. The molecule has 4 rings (SSSR count). The van der Waals surface area contributed by atoms with Crippen molar-refractivity contribution in [3.8, 4) is 33.8 Å². The lowest BCUT2D eigenvalue weighted by atomic mass is 9.96. The highest BCUT2D eigenvalue weighted by Gasteiger charge is 2.12. The van der Waals surface area contributed by atoms with Crippen LogP contribution >= 0.6 is 0 Å². The van der Waals surface area contributed by atoms with Gasteiger partial charge < -0.3 is 4.74 Å². The Morgan fingerprint density at radius 2 is 1.56 bits per heavy atom. The summed E-state index contributed by atoms with van der Waals surface area (Å²) in [5, 5.41) is 0. The fourth-order valence-electron chi connectivity index (χ4n) is 3.92. The average molecular weight is 425 g/mol. The molecule has 0 unspecified atom stereocenters. The summed E-state index contributed by atoms with van der Waals surface area (Å²) in [6.45, 7) is 8.59. The Morgan fingerprint density at radius 3 is 2.28 bits per heavy atom. The van der Waals surface area contributed by atoms with Gasteiger partial charge in [0, 0.05) is 5.56 Å². The van der Waals surface area contributed by atoms with Crippen LogP contribution in [0.25, 0.3) is 22.3 Å². The second-order valence-electron chi connectivity index (χ2n) is 8.61. The molecule has 1 nitrogen and oxygen atoms in total. The summed E-state index contributed by atoms with van der Waals surface area (Å²) in [7, 11) is 0. The quantitative estimate of drug-likeness (QED) is 0.300. The van der Waals surface area contributed by atoms with Crippen molar-refractivity contribution < 1.29 is 9.13 Å². The minimum absolute atomic E-state index is 0.242. The smallest absolute Gasteiger partial charge is 0.135 e. The Hall–Kier alpha value is -3.39. The molecule has 0 radical (unpaired) electrons. The lowest BCUT2D eigenvalue weighted by Gasteiger charge is -2.16. The molecule has 0 aliphatic rings. The summed E-state index contributed by atoms with van der Waals surface area (Å²) < 4.78 is 20.0. The second-order valence-corrected chi connectivity index (χ2v) is 8.61. The fourth-order valence-corrected chi connectivity index (χ4v) is 3.92. The Kier molecular flexibility index (Phi) is 6.41. The zero-order valence-corrected chi connectivity index (χ0v) is 19.2. The number of aryl methyl sites for hydroxylation is 2. The van der Waals surface area contributed by atoms with Crippen molar-refractivity contribution in [3.63, 3.8) is 0 Å². The molecule has 0 fully saturated rings. The lowest BCUT2D eigenvalue weighted by Crippen LogP contribution is -1.94. The monoisotopic (exact) mass is 424 g/mol. The van der Waals surface area contributed by atoms with Crippen LogP contribution in [0, 0.1) is 12.7 Å². The molecule has 0 atom stereocenters. The summed E-state index contributed by atoms with van der Waals surface area (Å²) in [4.78, 5) is 0. The predicted molar refractivity (Wildman–Crippen MR) is 132 cm³/mol. The van der Waals surface area contributed by atoms with Crippen LogP contribution in [-0.2, 0) is 6.42 Å². The molecule has 4 aromatic rings. The van der Waals surface area contributed by atoms with Gasteiger partial charge in [-0.15, -0.1) is 0 Å². The first-order chi connectivity index (χ1) is 15.4. The SMILES string of the molecule is CCc1cccc(-c2cc(C)cc(Oc3ccc(C(C)C)cc3-c3ccc(F)cc3)c2)c1. The molecule has 0 bridgehead atoms. The minimum atomic E-state index is -0.242. The molecule has 0 aliphatic carbocycles. The largest absolute Gasteiger partial charge is 0.457 e. The van der Waals surface area contributed by atoms with Crippen molar-refractivity contribution in [3.05, 3.63) is 107 Å². The maximum Gasteiger partial charge on any atom is 0.135 e. The molecule has 0 amide bonds. The van der Waals surface area contributed by atoms with Crippen molar-refractivity contribution in [2.45, 2.75) is 40.0 Å². The van der Waals surface area contributed by atoms with Gasteiger partial charge >= 0.3 is 0 Å². The summed E-state index contributed by atoms with van der Waals surface area (Å²) in [6.07, 6.45) is 1.01. The fraction of sp³-hybridized carbons (Fsp3) is 0.200. The zero-order valence-electron chi connectivity index (χ0n) is 19.2. The van der Waals surface area contributed by atoms with E-state index in [4.69, 9.17) is 4.74 Å². The van der Waals surface area contributed by atoms with Gasteiger partial charge in [0.15, 0.2) is 0 Å². The van der Waals surface area contributed by atoms with Crippen LogP contribution in [0.5, 0.6) is 11.5 Å². The Balaban J connectivity index is 1.75. The van der Waals surface area contributed by atoms with E-state index in [0.29, 0.717) is 5.92 Å². The van der Waals surface area contributed by atoms with Gasteiger partial charge in [0.2, 0.25) is 0 Å². The highest BCUT2D eigenvalue weighted by molar-refractivity contribution is 5.73. The van der Waals surface area contributed by atoms with E-state index >= 15 is 0 Å². The van der Waals surface area contributed by atoms with E-state index in [1.807, 2.05) is 6.07 Å². The third kappa shape index (κ3) is 4.91. The van der Waals surface area contributed by atoms with Gasteiger partial charge in [-0.2, -0.15) is 0 Å². The second kappa shape index (κ2) is 9.40. The normalized spacial score (nSPS) is 11.1.